The molecule has 0 aliphatic carbocycles. The fourth-order valence-electron chi connectivity index (χ4n) is 2.81. The summed E-state index contributed by atoms with van der Waals surface area (Å²) in [6.07, 6.45) is 5.14. The SMILES string of the molecule is CC(C)COC(=O)N1CCC(NCC(CO)c2cccnc2)CC1. The molecule has 6 heteroatoms. The zero-order chi connectivity index (χ0) is 17.4. The third-order valence-electron chi connectivity index (χ3n) is 4.32. The molecule has 1 amide bonds. The summed E-state index contributed by atoms with van der Waals surface area (Å²) in [6.45, 7) is 6.77. The second-order valence-electron chi connectivity index (χ2n) is 6.81. The number of ether oxygens (including phenoxy) is 1. The maximum Gasteiger partial charge on any atom is 0.409 e. The summed E-state index contributed by atoms with van der Waals surface area (Å²) in [5.41, 5.74) is 1.04. The number of pyridine rings is 1. The number of carbonyl (C=O) groups excluding carboxylic acids is 1. The number of carbonyl (C=O) groups is 1. The van der Waals surface area contributed by atoms with Gasteiger partial charge in [-0.05, 0) is 30.4 Å². The third kappa shape index (κ3) is 5.76. The van der Waals surface area contributed by atoms with Crippen molar-refractivity contribution in [2.24, 2.45) is 5.92 Å². The van der Waals surface area contributed by atoms with E-state index in [2.05, 4.69) is 10.3 Å². The first-order chi connectivity index (χ1) is 11.6. The molecule has 1 fully saturated rings. The van der Waals surface area contributed by atoms with Crippen molar-refractivity contribution in [2.75, 3.05) is 32.8 Å². The number of piperidine rings is 1. The summed E-state index contributed by atoms with van der Waals surface area (Å²) in [6, 6.07) is 4.24. The number of aliphatic hydroxyl groups is 1. The van der Waals surface area contributed by atoms with E-state index in [1.807, 2.05) is 26.0 Å². The van der Waals surface area contributed by atoms with Gasteiger partial charge in [0.05, 0.1) is 13.2 Å². The monoisotopic (exact) mass is 335 g/mol. The van der Waals surface area contributed by atoms with Gasteiger partial charge in [-0.25, -0.2) is 4.79 Å². The molecule has 1 unspecified atom stereocenters. The third-order valence-corrected chi connectivity index (χ3v) is 4.32. The number of likely N-dealkylation sites (tertiary alicyclic amines) is 1. The van der Waals surface area contributed by atoms with Crippen molar-refractivity contribution in [3.63, 3.8) is 0 Å². The second-order valence-corrected chi connectivity index (χ2v) is 6.81. The molecule has 2 N–H and O–H groups in total. The van der Waals surface area contributed by atoms with Crippen LogP contribution >= 0.6 is 0 Å². The first kappa shape index (κ1) is 18.7. The quantitative estimate of drug-likeness (QED) is 0.797. The Hall–Kier alpha value is -1.66. The van der Waals surface area contributed by atoms with Gasteiger partial charge in [-0.15, -0.1) is 0 Å². The molecule has 1 aliphatic rings. The molecule has 1 saturated heterocycles. The Morgan fingerprint density at radius 3 is 2.79 bits per heavy atom. The highest BCUT2D eigenvalue weighted by Crippen LogP contribution is 2.16. The van der Waals surface area contributed by atoms with Crippen LogP contribution in [0.15, 0.2) is 24.5 Å². The Labute approximate surface area is 144 Å². The van der Waals surface area contributed by atoms with Crippen molar-refractivity contribution in [3.05, 3.63) is 30.1 Å². The lowest BCUT2D eigenvalue weighted by molar-refractivity contribution is 0.0816. The van der Waals surface area contributed by atoms with Crippen molar-refractivity contribution >= 4 is 6.09 Å². The standard InChI is InChI=1S/C18H29N3O3/c1-14(2)13-24-18(23)21-8-5-17(6-9-21)20-11-16(12-22)15-4-3-7-19-10-15/h3-4,7,10,14,16-17,20,22H,5-6,8-9,11-13H2,1-2H3. The van der Waals surface area contributed by atoms with Crippen molar-refractivity contribution < 1.29 is 14.6 Å². The van der Waals surface area contributed by atoms with Crippen LogP contribution in [-0.4, -0.2) is 60.0 Å². The van der Waals surface area contributed by atoms with Crippen molar-refractivity contribution in [3.8, 4) is 0 Å². The van der Waals surface area contributed by atoms with Gasteiger partial charge in [0.2, 0.25) is 0 Å². The van der Waals surface area contributed by atoms with Gasteiger partial charge in [0, 0.05) is 44.0 Å². The highest BCUT2D eigenvalue weighted by Gasteiger charge is 2.24. The summed E-state index contributed by atoms with van der Waals surface area (Å²) in [4.78, 5) is 17.8. The van der Waals surface area contributed by atoms with Crippen LogP contribution in [0.5, 0.6) is 0 Å². The Balaban J connectivity index is 1.72. The Kier molecular flexibility index (Phi) is 7.46. The summed E-state index contributed by atoms with van der Waals surface area (Å²) in [5.74, 6) is 0.406. The minimum Gasteiger partial charge on any atom is -0.449 e. The lowest BCUT2D eigenvalue weighted by Gasteiger charge is -2.32. The predicted octanol–water partition coefficient (Wildman–Crippen LogP) is 2.00. The average Bonchev–Trinajstić information content (AvgIpc) is 2.61. The van der Waals surface area contributed by atoms with Crippen LogP contribution in [0.4, 0.5) is 4.79 Å². The van der Waals surface area contributed by atoms with E-state index in [0.717, 1.165) is 18.4 Å². The minimum atomic E-state index is -0.203. The smallest absolute Gasteiger partial charge is 0.409 e. The van der Waals surface area contributed by atoms with Gasteiger partial charge >= 0.3 is 6.09 Å². The van der Waals surface area contributed by atoms with Gasteiger partial charge in [0.1, 0.15) is 0 Å². The Morgan fingerprint density at radius 1 is 1.46 bits per heavy atom. The van der Waals surface area contributed by atoms with E-state index in [1.165, 1.54) is 0 Å². The molecule has 0 bridgehead atoms. The summed E-state index contributed by atoms with van der Waals surface area (Å²) < 4.78 is 5.28. The predicted molar refractivity (Wildman–Crippen MR) is 92.8 cm³/mol. The molecule has 1 aliphatic heterocycles. The number of nitrogens with zero attached hydrogens (tertiary/aromatic N) is 2. The number of aliphatic hydroxyl groups excluding tert-OH is 1. The van der Waals surface area contributed by atoms with E-state index >= 15 is 0 Å². The molecule has 0 spiro atoms. The van der Waals surface area contributed by atoms with Crippen LogP contribution in [-0.2, 0) is 4.74 Å². The molecule has 2 heterocycles. The molecule has 1 atom stereocenters. The van der Waals surface area contributed by atoms with E-state index in [9.17, 15) is 9.90 Å². The van der Waals surface area contributed by atoms with Gasteiger partial charge in [-0.2, -0.15) is 0 Å². The molecule has 2 rings (SSSR count). The molecule has 0 radical (unpaired) electrons. The maximum absolute atomic E-state index is 11.9. The van der Waals surface area contributed by atoms with Crippen LogP contribution in [0.3, 0.4) is 0 Å². The van der Waals surface area contributed by atoms with E-state index < -0.39 is 0 Å². The van der Waals surface area contributed by atoms with Crippen LogP contribution in [0.2, 0.25) is 0 Å². The number of aromatic nitrogens is 1. The van der Waals surface area contributed by atoms with E-state index in [1.54, 1.807) is 17.3 Å². The van der Waals surface area contributed by atoms with Crippen molar-refractivity contribution in [1.82, 2.24) is 15.2 Å². The highest BCUT2D eigenvalue weighted by molar-refractivity contribution is 5.67. The number of rotatable bonds is 7. The molecule has 1 aromatic heterocycles. The van der Waals surface area contributed by atoms with E-state index in [0.29, 0.717) is 38.2 Å². The summed E-state index contributed by atoms with van der Waals surface area (Å²) in [5, 5.41) is 13.1. The van der Waals surface area contributed by atoms with Crippen LogP contribution in [0, 0.1) is 5.92 Å². The van der Waals surface area contributed by atoms with Crippen LogP contribution in [0.25, 0.3) is 0 Å². The van der Waals surface area contributed by atoms with Gasteiger partial charge in [0.15, 0.2) is 0 Å². The topological polar surface area (TPSA) is 74.7 Å². The minimum absolute atomic E-state index is 0.0488. The average molecular weight is 335 g/mol. The lowest BCUT2D eigenvalue weighted by Crippen LogP contribution is -2.46. The fourth-order valence-corrected chi connectivity index (χ4v) is 2.81. The number of nitrogens with one attached hydrogen (secondary N) is 1. The van der Waals surface area contributed by atoms with Crippen molar-refractivity contribution in [2.45, 2.75) is 38.6 Å². The zero-order valence-electron chi connectivity index (χ0n) is 14.6. The lowest BCUT2D eigenvalue weighted by atomic mass is 10.00. The number of hydrogen-bond donors (Lipinski definition) is 2. The molecular formula is C18H29N3O3. The first-order valence-electron chi connectivity index (χ1n) is 8.76. The molecule has 1 aromatic rings. The van der Waals surface area contributed by atoms with Gasteiger partial charge in [0.25, 0.3) is 0 Å². The molecule has 24 heavy (non-hydrogen) atoms. The molecular weight excluding hydrogens is 306 g/mol. The Morgan fingerprint density at radius 2 is 2.21 bits per heavy atom. The molecule has 134 valence electrons. The van der Waals surface area contributed by atoms with Crippen LogP contribution in [0.1, 0.15) is 38.2 Å². The van der Waals surface area contributed by atoms with Gasteiger partial charge < -0.3 is 20.1 Å². The largest absolute Gasteiger partial charge is 0.449 e. The number of hydrogen-bond acceptors (Lipinski definition) is 5. The Bertz CT molecular complexity index is 488. The number of amides is 1. The van der Waals surface area contributed by atoms with Crippen LogP contribution < -0.4 is 5.32 Å². The maximum atomic E-state index is 11.9. The second kappa shape index (κ2) is 9.59. The highest BCUT2D eigenvalue weighted by atomic mass is 16.6. The van der Waals surface area contributed by atoms with E-state index in [4.69, 9.17) is 4.74 Å². The molecule has 0 saturated carbocycles. The molecule has 0 aromatic carbocycles. The van der Waals surface area contributed by atoms with Gasteiger partial charge in [-0.1, -0.05) is 19.9 Å². The zero-order valence-corrected chi connectivity index (χ0v) is 14.6. The van der Waals surface area contributed by atoms with Gasteiger partial charge in [-0.3, -0.25) is 4.98 Å². The first-order valence-corrected chi connectivity index (χ1v) is 8.76. The van der Waals surface area contributed by atoms with Crippen molar-refractivity contribution in [1.29, 1.82) is 0 Å². The molecule has 6 nitrogen and oxygen atoms in total. The summed E-state index contributed by atoms with van der Waals surface area (Å²) >= 11 is 0. The normalized spacial score (nSPS) is 17.1. The van der Waals surface area contributed by atoms with E-state index in [-0.39, 0.29) is 18.6 Å². The summed E-state index contributed by atoms with van der Waals surface area (Å²) in [7, 11) is 0. The fraction of sp³-hybridized carbons (Fsp3) is 0.667.